The summed E-state index contributed by atoms with van der Waals surface area (Å²) in [5.41, 5.74) is 4.68. The van der Waals surface area contributed by atoms with Crippen molar-refractivity contribution in [2.75, 3.05) is 5.32 Å². The quantitative estimate of drug-likeness (QED) is 0.820. The molecule has 0 atom stereocenters. The fraction of sp³-hybridized carbons (Fsp3) is 0.300. The van der Waals surface area contributed by atoms with Gasteiger partial charge in [-0.05, 0) is 34.8 Å². The van der Waals surface area contributed by atoms with Crippen molar-refractivity contribution < 1.29 is 13.6 Å². The van der Waals surface area contributed by atoms with Crippen molar-refractivity contribution in [2.45, 2.75) is 18.4 Å². The van der Waals surface area contributed by atoms with E-state index in [0.29, 0.717) is 18.9 Å². The van der Waals surface area contributed by atoms with Crippen molar-refractivity contribution in [3.63, 3.8) is 0 Å². The molecular formula is C10H9BrF2N2O. The second kappa shape index (κ2) is 3.78. The summed E-state index contributed by atoms with van der Waals surface area (Å²) >= 11 is 2.91. The number of carbonyl (C=O) groups excluding carboxylic acids is 1. The first kappa shape index (κ1) is 11.5. The third-order valence-electron chi connectivity index (χ3n) is 2.50. The predicted octanol–water partition coefficient (Wildman–Crippen LogP) is 2.16. The Labute approximate surface area is 99.1 Å². The zero-order chi connectivity index (χ0) is 11.9. The van der Waals surface area contributed by atoms with Crippen LogP contribution in [0.2, 0.25) is 0 Å². The van der Waals surface area contributed by atoms with Crippen molar-refractivity contribution in [3.05, 3.63) is 28.2 Å². The van der Waals surface area contributed by atoms with Crippen LogP contribution in [0.1, 0.15) is 12.8 Å². The molecule has 1 saturated carbocycles. The van der Waals surface area contributed by atoms with Crippen molar-refractivity contribution in [1.29, 1.82) is 0 Å². The van der Waals surface area contributed by atoms with Crippen molar-refractivity contribution in [1.82, 2.24) is 0 Å². The maximum atomic E-state index is 13.3. The van der Waals surface area contributed by atoms with Gasteiger partial charge >= 0.3 is 0 Å². The fourth-order valence-corrected chi connectivity index (χ4v) is 1.57. The molecule has 86 valence electrons. The molecule has 1 aromatic rings. The summed E-state index contributed by atoms with van der Waals surface area (Å²) in [7, 11) is 0. The highest BCUT2D eigenvalue weighted by atomic mass is 79.9. The molecule has 3 nitrogen and oxygen atoms in total. The molecule has 16 heavy (non-hydrogen) atoms. The molecular weight excluding hydrogens is 282 g/mol. The van der Waals surface area contributed by atoms with Gasteiger partial charge in [-0.2, -0.15) is 0 Å². The standard InChI is InChI=1S/C10H9BrF2N2O/c11-5-3-8(7(13)4-6(5)12)15-9(16)10(14)1-2-10/h3-4H,1-2,14H2,(H,15,16). The Bertz CT molecular complexity index is 460. The molecule has 6 heteroatoms. The van der Waals surface area contributed by atoms with Gasteiger partial charge in [0.15, 0.2) is 0 Å². The third kappa shape index (κ3) is 2.08. The molecule has 0 aromatic heterocycles. The summed E-state index contributed by atoms with van der Waals surface area (Å²) < 4.78 is 26.3. The highest BCUT2D eigenvalue weighted by Gasteiger charge is 2.46. The average Bonchev–Trinajstić information content (AvgIpc) is 2.94. The number of nitrogens with one attached hydrogen (secondary N) is 1. The maximum absolute atomic E-state index is 13.3. The van der Waals surface area contributed by atoms with Crippen LogP contribution >= 0.6 is 15.9 Å². The molecule has 0 radical (unpaired) electrons. The topological polar surface area (TPSA) is 55.1 Å². The van der Waals surface area contributed by atoms with Crippen molar-refractivity contribution in [3.8, 4) is 0 Å². The average molecular weight is 291 g/mol. The lowest BCUT2D eigenvalue weighted by molar-refractivity contribution is -0.118. The summed E-state index contributed by atoms with van der Waals surface area (Å²) in [4.78, 5) is 11.5. The molecule has 0 saturated heterocycles. The van der Waals surface area contributed by atoms with E-state index in [2.05, 4.69) is 21.2 Å². The first-order valence-electron chi connectivity index (χ1n) is 4.67. The number of benzene rings is 1. The van der Waals surface area contributed by atoms with Crippen LogP contribution < -0.4 is 11.1 Å². The molecule has 0 heterocycles. The SMILES string of the molecule is NC1(C(=O)Nc2cc(Br)c(F)cc2F)CC1. The van der Waals surface area contributed by atoms with Crippen molar-refractivity contribution in [2.24, 2.45) is 5.73 Å². The Morgan fingerprint density at radius 2 is 2.00 bits per heavy atom. The minimum Gasteiger partial charge on any atom is -0.322 e. The number of anilines is 1. The second-order valence-electron chi connectivity index (χ2n) is 3.86. The van der Waals surface area contributed by atoms with E-state index in [9.17, 15) is 13.6 Å². The van der Waals surface area contributed by atoms with Crippen LogP contribution in [0.15, 0.2) is 16.6 Å². The van der Waals surface area contributed by atoms with Gasteiger partial charge in [-0.15, -0.1) is 0 Å². The molecule has 1 aliphatic carbocycles. The number of amides is 1. The summed E-state index contributed by atoms with van der Waals surface area (Å²) in [6, 6.07) is 1.88. The smallest absolute Gasteiger partial charge is 0.244 e. The lowest BCUT2D eigenvalue weighted by Gasteiger charge is -2.11. The number of nitrogens with two attached hydrogens (primary N) is 1. The fourth-order valence-electron chi connectivity index (χ4n) is 1.23. The van der Waals surface area contributed by atoms with Crippen LogP contribution in [0.5, 0.6) is 0 Å². The van der Waals surface area contributed by atoms with Gasteiger partial charge in [0.2, 0.25) is 5.91 Å². The summed E-state index contributed by atoms with van der Waals surface area (Å²) in [5, 5.41) is 2.35. The van der Waals surface area contributed by atoms with Crippen LogP contribution in [0.3, 0.4) is 0 Å². The molecule has 1 fully saturated rings. The van der Waals surface area contributed by atoms with Gasteiger partial charge in [-0.3, -0.25) is 4.79 Å². The predicted molar refractivity (Wildman–Crippen MR) is 58.8 cm³/mol. The molecule has 1 amide bonds. The Kier molecular flexibility index (Phi) is 2.71. The van der Waals surface area contributed by atoms with Gasteiger partial charge in [-0.1, -0.05) is 0 Å². The van der Waals surface area contributed by atoms with E-state index in [4.69, 9.17) is 5.73 Å². The van der Waals surface area contributed by atoms with Gasteiger partial charge < -0.3 is 11.1 Å². The van der Waals surface area contributed by atoms with Gasteiger partial charge in [0.25, 0.3) is 0 Å². The number of carbonyl (C=O) groups is 1. The molecule has 0 spiro atoms. The number of halogens is 3. The maximum Gasteiger partial charge on any atom is 0.244 e. The third-order valence-corrected chi connectivity index (χ3v) is 3.11. The Morgan fingerprint density at radius 1 is 1.38 bits per heavy atom. The molecule has 1 aromatic carbocycles. The number of rotatable bonds is 2. The number of hydrogen-bond donors (Lipinski definition) is 2. The normalized spacial score (nSPS) is 17.0. The van der Waals surface area contributed by atoms with E-state index in [0.717, 1.165) is 0 Å². The second-order valence-corrected chi connectivity index (χ2v) is 4.71. The zero-order valence-electron chi connectivity index (χ0n) is 8.19. The highest BCUT2D eigenvalue weighted by molar-refractivity contribution is 9.10. The van der Waals surface area contributed by atoms with E-state index in [1.54, 1.807) is 0 Å². The van der Waals surface area contributed by atoms with E-state index in [-0.39, 0.29) is 10.2 Å². The van der Waals surface area contributed by atoms with Gasteiger partial charge in [0, 0.05) is 6.07 Å². The van der Waals surface area contributed by atoms with E-state index in [1.165, 1.54) is 6.07 Å². The first-order chi connectivity index (χ1) is 7.42. The molecule has 2 rings (SSSR count). The summed E-state index contributed by atoms with van der Waals surface area (Å²) in [5.74, 6) is -1.98. The van der Waals surface area contributed by atoms with Crippen LogP contribution in [-0.2, 0) is 4.79 Å². The van der Waals surface area contributed by atoms with Crippen LogP contribution in [-0.4, -0.2) is 11.4 Å². The van der Waals surface area contributed by atoms with E-state index >= 15 is 0 Å². The Hall–Kier alpha value is -1.01. The van der Waals surface area contributed by atoms with Gasteiger partial charge in [0.05, 0.1) is 15.7 Å². The summed E-state index contributed by atoms with van der Waals surface area (Å²) in [6.45, 7) is 0. The minimum atomic E-state index is -0.882. The van der Waals surface area contributed by atoms with Crippen molar-refractivity contribution >= 4 is 27.5 Å². The Balaban J connectivity index is 2.21. The van der Waals surface area contributed by atoms with Gasteiger partial charge in [-0.25, -0.2) is 8.78 Å². The molecule has 0 unspecified atom stereocenters. The largest absolute Gasteiger partial charge is 0.322 e. The molecule has 0 aliphatic heterocycles. The number of hydrogen-bond acceptors (Lipinski definition) is 2. The minimum absolute atomic E-state index is 0.0741. The molecule has 3 N–H and O–H groups in total. The van der Waals surface area contributed by atoms with Gasteiger partial charge in [0.1, 0.15) is 11.6 Å². The first-order valence-corrected chi connectivity index (χ1v) is 5.46. The van der Waals surface area contributed by atoms with Crippen LogP contribution in [0.25, 0.3) is 0 Å². The highest BCUT2D eigenvalue weighted by Crippen LogP contribution is 2.34. The van der Waals surface area contributed by atoms with Crippen LogP contribution in [0.4, 0.5) is 14.5 Å². The summed E-state index contributed by atoms with van der Waals surface area (Å²) in [6.07, 6.45) is 1.17. The van der Waals surface area contributed by atoms with Crippen LogP contribution in [0, 0.1) is 11.6 Å². The molecule has 0 bridgehead atoms. The Morgan fingerprint density at radius 3 is 2.56 bits per heavy atom. The van der Waals surface area contributed by atoms with E-state index < -0.39 is 23.1 Å². The lowest BCUT2D eigenvalue weighted by Crippen LogP contribution is -2.38. The molecule has 1 aliphatic rings. The lowest BCUT2D eigenvalue weighted by atomic mass is 10.2. The van der Waals surface area contributed by atoms with E-state index in [1.807, 2.05) is 0 Å². The monoisotopic (exact) mass is 290 g/mol. The zero-order valence-corrected chi connectivity index (χ0v) is 9.77.